The van der Waals surface area contributed by atoms with Crippen LogP contribution in [0.4, 0.5) is 0 Å². The van der Waals surface area contributed by atoms with Gasteiger partial charge >= 0.3 is 0 Å². The first-order valence-electron chi connectivity index (χ1n) is 11.2. The molecule has 0 aliphatic heterocycles. The van der Waals surface area contributed by atoms with E-state index >= 15 is 0 Å². The van der Waals surface area contributed by atoms with E-state index < -0.39 is 0 Å². The molecule has 0 saturated carbocycles. The predicted molar refractivity (Wildman–Crippen MR) is 129 cm³/mol. The van der Waals surface area contributed by atoms with Crippen molar-refractivity contribution in [1.29, 1.82) is 0 Å². The average molecular weight is 467 g/mol. The number of nitrogens with zero attached hydrogens (tertiary/aromatic N) is 4. The molecule has 0 spiro atoms. The first-order chi connectivity index (χ1) is 15.6. The first-order valence-corrected chi connectivity index (χ1v) is 13.0. The average Bonchev–Trinajstić information content (AvgIpc) is 3.39. The van der Waals surface area contributed by atoms with Gasteiger partial charge in [-0.25, -0.2) is 4.98 Å². The van der Waals surface area contributed by atoms with Crippen LogP contribution in [0.25, 0.3) is 15.9 Å². The molecule has 32 heavy (non-hydrogen) atoms. The van der Waals surface area contributed by atoms with Crippen molar-refractivity contribution in [3.63, 3.8) is 0 Å². The number of aromatic nitrogens is 4. The Hall–Kier alpha value is -2.45. The highest BCUT2D eigenvalue weighted by Crippen LogP contribution is 2.35. The Morgan fingerprint density at radius 3 is 2.72 bits per heavy atom. The number of hydrogen-bond donors (Lipinski definition) is 0. The Labute approximate surface area is 195 Å². The van der Waals surface area contributed by atoms with Gasteiger partial charge in [0, 0.05) is 11.8 Å². The predicted octanol–water partition coefficient (Wildman–Crippen LogP) is 5.65. The van der Waals surface area contributed by atoms with Crippen molar-refractivity contribution in [1.82, 2.24) is 19.7 Å². The first kappa shape index (κ1) is 21.4. The van der Waals surface area contributed by atoms with Crippen molar-refractivity contribution in [2.24, 2.45) is 0 Å². The second-order valence-corrected chi connectivity index (χ2v) is 10.2. The van der Waals surface area contributed by atoms with Gasteiger partial charge < -0.3 is 4.42 Å². The number of thiophene rings is 1. The number of fused-ring (bicyclic) bond motifs is 3. The van der Waals surface area contributed by atoms with E-state index in [4.69, 9.17) is 9.40 Å². The van der Waals surface area contributed by atoms with Crippen LogP contribution in [0.2, 0.25) is 0 Å². The van der Waals surface area contributed by atoms with Crippen molar-refractivity contribution in [3.8, 4) is 5.69 Å². The highest BCUT2D eigenvalue weighted by Gasteiger charge is 2.23. The molecule has 1 aromatic carbocycles. The number of aryl methyl sites for hydroxylation is 4. The van der Waals surface area contributed by atoms with Gasteiger partial charge in [0.05, 0.1) is 16.8 Å². The molecular formula is C24H26N4O2S2. The second kappa shape index (κ2) is 9.19. The number of thioether (sulfide) groups is 1. The normalized spacial score (nSPS) is 13.6. The number of unbranched alkanes of at least 4 members (excludes halogenated alkanes) is 1. The Morgan fingerprint density at radius 2 is 1.97 bits per heavy atom. The van der Waals surface area contributed by atoms with Crippen LogP contribution in [0, 0.1) is 6.92 Å². The highest BCUT2D eigenvalue weighted by atomic mass is 32.2. The second-order valence-electron chi connectivity index (χ2n) is 8.20. The van der Waals surface area contributed by atoms with Gasteiger partial charge in [-0.3, -0.25) is 9.36 Å². The number of hydrogen-bond acceptors (Lipinski definition) is 7. The SMILES string of the molecule is CCCCc1ccc(-n2c(SCc3nnc(C)o3)nc3sc4c(c3c2=O)CCCC4)cc1. The van der Waals surface area contributed by atoms with Gasteiger partial charge in [-0.2, -0.15) is 0 Å². The summed E-state index contributed by atoms with van der Waals surface area (Å²) >= 11 is 3.14. The molecule has 0 atom stereocenters. The van der Waals surface area contributed by atoms with Crippen LogP contribution in [0.5, 0.6) is 0 Å². The van der Waals surface area contributed by atoms with E-state index in [1.165, 1.54) is 47.0 Å². The van der Waals surface area contributed by atoms with Gasteiger partial charge in [0.25, 0.3) is 5.56 Å². The third kappa shape index (κ3) is 4.13. The summed E-state index contributed by atoms with van der Waals surface area (Å²) in [6.45, 7) is 3.97. The maximum absolute atomic E-state index is 13.8. The molecule has 3 aromatic heterocycles. The minimum absolute atomic E-state index is 0.0277. The summed E-state index contributed by atoms with van der Waals surface area (Å²) in [5.41, 5.74) is 3.39. The molecule has 0 radical (unpaired) electrons. The molecule has 8 heteroatoms. The lowest BCUT2D eigenvalue weighted by molar-refractivity contribution is 0.485. The third-order valence-corrected chi connectivity index (χ3v) is 7.97. The highest BCUT2D eigenvalue weighted by molar-refractivity contribution is 7.98. The van der Waals surface area contributed by atoms with Crippen LogP contribution in [0.3, 0.4) is 0 Å². The van der Waals surface area contributed by atoms with Gasteiger partial charge in [-0.1, -0.05) is 37.2 Å². The van der Waals surface area contributed by atoms with Crippen LogP contribution in [0.15, 0.2) is 38.6 Å². The summed E-state index contributed by atoms with van der Waals surface area (Å²) in [5, 5.41) is 9.47. The minimum atomic E-state index is 0.0277. The summed E-state index contributed by atoms with van der Waals surface area (Å²) in [6, 6.07) is 8.33. The monoisotopic (exact) mass is 466 g/mol. The molecule has 0 N–H and O–H groups in total. The molecule has 1 aliphatic rings. The largest absolute Gasteiger partial charge is 0.425 e. The lowest BCUT2D eigenvalue weighted by atomic mass is 9.97. The molecule has 1 aliphatic carbocycles. The molecule has 166 valence electrons. The minimum Gasteiger partial charge on any atom is -0.425 e. The molecular weight excluding hydrogens is 440 g/mol. The number of rotatable bonds is 7. The van der Waals surface area contributed by atoms with Crippen LogP contribution in [-0.2, 0) is 25.0 Å². The van der Waals surface area contributed by atoms with Crippen molar-refractivity contribution < 1.29 is 4.42 Å². The van der Waals surface area contributed by atoms with E-state index in [2.05, 4.69) is 29.3 Å². The van der Waals surface area contributed by atoms with E-state index in [0.29, 0.717) is 22.7 Å². The van der Waals surface area contributed by atoms with Crippen molar-refractivity contribution in [2.75, 3.05) is 0 Å². The zero-order valence-corrected chi connectivity index (χ0v) is 20.0. The molecule has 0 unspecified atom stereocenters. The maximum atomic E-state index is 13.8. The molecule has 3 heterocycles. The fourth-order valence-corrected chi connectivity index (χ4v) is 6.38. The van der Waals surface area contributed by atoms with E-state index in [0.717, 1.165) is 41.6 Å². The lowest BCUT2D eigenvalue weighted by Crippen LogP contribution is -2.22. The zero-order chi connectivity index (χ0) is 22.1. The van der Waals surface area contributed by atoms with Crippen LogP contribution >= 0.6 is 23.1 Å². The smallest absolute Gasteiger partial charge is 0.267 e. The van der Waals surface area contributed by atoms with Gasteiger partial charge in [0.1, 0.15) is 4.83 Å². The van der Waals surface area contributed by atoms with E-state index in [-0.39, 0.29) is 5.56 Å². The van der Waals surface area contributed by atoms with Crippen molar-refractivity contribution in [3.05, 3.63) is 62.4 Å². The van der Waals surface area contributed by atoms with Gasteiger partial charge in [-0.15, -0.1) is 21.5 Å². The molecule has 0 bridgehead atoms. The Bertz CT molecular complexity index is 1300. The molecule has 4 aromatic rings. The van der Waals surface area contributed by atoms with Gasteiger partial charge in [0.15, 0.2) is 5.16 Å². The molecule has 0 fully saturated rings. The number of benzene rings is 1. The summed E-state index contributed by atoms with van der Waals surface area (Å²) in [4.78, 5) is 21.0. The summed E-state index contributed by atoms with van der Waals surface area (Å²) in [5.74, 6) is 1.54. The van der Waals surface area contributed by atoms with Gasteiger partial charge in [-0.05, 0) is 61.8 Å². The van der Waals surface area contributed by atoms with E-state index in [1.54, 1.807) is 22.8 Å². The third-order valence-electron chi connectivity index (χ3n) is 5.86. The van der Waals surface area contributed by atoms with Crippen LogP contribution < -0.4 is 5.56 Å². The topological polar surface area (TPSA) is 73.8 Å². The summed E-state index contributed by atoms with van der Waals surface area (Å²) < 4.78 is 7.30. The van der Waals surface area contributed by atoms with E-state index in [1.807, 2.05) is 12.1 Å². The molecule has 0 saturated heterocycles. The lowest BCUT2D eigenvalue weighted by Gasteiger charge is -2.14. The van der Waals surface area contributed by atoms with Crippen LogP contribution in [-0.4, -0.2) is 19.7 Å². The molecule has 0 amide bonds. The van der Waals surface area contributed by atoms with Gasteiger partial charge in [0.2, 0.25) is 11.8 Å². The summed E-state index contributed by atoms with van der Waals surface area (Å²) in [7, 11) is 0. The Balaban J connectivity index is 1.60. The van der Waals surface area contributed by atoms with Crippen molar-refractivity contribution in [2.45, 2.75) is 69.7 Å². The fourth-order valence-electron chi connectivity index (χ4n) is 4.23. The molecule has 5 rings (SSSR count). The zero-order valence-electron chi connectivity index (χ0n) is 18.4. The fraction of sp³-hybridized carbons (Fsp3) is 0.417. The quantitative estimate of drug-likeness (QED) is 0.259. The summed E-state index contributed by atoms with van der Waals surface area (Å²) in [6.07, 6.45) is 7.73. The Kier molecular flexibility index (Phi) is 6.15. The Morgan fingerprint density at radius 1 is 1.16 bits per heavy atom. The molecule has 6 nitrogen and oxygen atoms in total. The standard InChI is InChI=1S/C24H26N4O2S2/c1-3-4-7-16-10-12-17(13-11-16)28-23(29)21-18-8-5-6-9-19(18)32-22(21)25-24(28)31-14-20-27-26-15(2)30-20/h10-13H,3-9,14H2,1-2H3. The van der Waals surface area contributed by atoms with Crippen LogP contribution in [0.1, 0.15) is 60.4 Å². The van der Waals surface area contributed by atoms with E-state index in [9.17, 15) is 4.79 Å². The van der Waals surface area contributed by atoms with Crippen molar-refractivity contribution >= 4 is 33.3 Å². The maximum Gasteiger partial charge on any atom is 0.267 e.